The predicted molar refractivity (Wildman–Crippen MR) is 89.5 cm³/mol. The first-order valence-electron chi connectivity index (χ1n) is 6.68. The van der Waals surface area contributed by atoms with Crippen LogP contribution in [0.4, 0.5) is 14.7 Å². The summed E-state index contributed by atoms with van der Waals surface area (Å²) in [5, 5.41) is 6.41. The molecule has 124 valence electrons. The number of nitrogens with one attached hydrogen (secondary N) is 1. The van der Waals surface area contributed by atoms with Crippen LogP contribution >= 0.6 is 27.3 Å². The zero-order valence-electron chi connectivity index (χ0n) is 12.0. The maximum Gasteiger partial charge on any atom is 0.259 e. The second kappa shape index (κ2) is 6.70. The van der Waals surface area contributed by atoms with Crippen LogP contribution in [0.1, 0.15) is 15.9 Å². The Morgan fingerprint density at radius 2 is 2.08 bits per heavy atom. The third kappa shape index (κ3) is 3.31. The van der Waals surface area contributed by atoms with Crippen molar-refractivity contribution in [2.75, 3.05) is 5.73 Å². The first-order chi connectivity index (χ1) is 11.5. The summed E-state index contributed by atoms with van der Waals surface area (Å²) in [4.78, 5) is 13.1. The Kier molecular flexibility index (Phi) is 4.63. The summed E-state index contributed by atoms with van der Waals surface area (Å²) >= 11 is 4.71. The van der Waals surface area contributed by atoms with E-state index in [0.29, 0.717) is 16.1 Å². The number of nitrogens with two attached hydrogens (primary N) is 1. The van der Waals surface area contributed by atoms with Crippen LogP contribution in [0.2, 0.25) is 0 Å². The average Bonchev–Trinajstić information content (AvgIpc) is 3.14. The Morgan fingerprint density at radius 3 is 2.75 bits per heavy atom. The molecule has 1 amide bonds. The van der Waals surface area contributed by atoms with Gasteiger partial charge in [-0.1, -0.05) is 11.2 Å². The molecule has 5 nitrogen and oxygen atoms in total. The van der Waals surface area contributed by atoms with Gasteiger partial charge >= 0.3 is 0 Å². The molecule has 0 aliphatic carbocycles. The van der Waals surface area contributed by atoms with Crippen LogP contribution in [-0.4, -0.2) is 11.1 Å². The minimum Gasteiger partial charge on any atom is -0.367 e. The van der Waals surface area contributed by atoms with Gasteiger partial charge in [-0.25, -0.2) is 8.78 Å². The highest BCUT2D eigenvalue weighted by molar-refractivity contribution is 9.11. The molecule has 0 unspecified atom stereocenters. The molecular weight excluding hydrogens is 404 g/mol. The summed E-state index contributed by atoms with van der Waals surface area (Å²) in [6.07, 6.45) is 0. The molecule has 0 atom stereocenters. The number of benzene rings is 1. The van der Waals surface area contributed by atoms with Gasteiger partial charge in [-0.15, -0.1) is 11.3 Å². The SMILES string of the molecule is Nc1onc(-c2ccc(Br)s2)c1C(=O)NCc1ccc(F)c(F)c1. The van der Waals surface area contributed by atoms with Gasteiger partial charge in [0.25, 0.3) is 5.91 Å². The normalized spacial score (nSPS) is 10.8. The predicted octanol–water partition coefficient (Wildman–Crippen LogP) is 3.96. The zero-order valence-corrected chi connectivity index (χ0v) is 14.4. The number of carbonyl (C=O) groups excluding carboxylic acids is 1. The molecule has 2 aromatic heterocycles. The number of thiophene rings is 1. The number of aromatic nitrogens is 1. The van der Waals surface area contributed by atoms with E-state index >= 15 is 0 Å². The van der Waals surface area contributed by atoms with E-state index in [1.807, 2.05) is 6.07 Å². The lowest BCUT2D eigenvalue weighted by molar-refractivity contribution is 0.0952. The van der Waals surface area contributed by atoms with Crippen LogP contribution < -0.4 is 11.1 Å². The van der Waals surface area contributed by atoms with E-state index in [0.717, 1.165) is 15.9 Å². The van der Waals surface area contributed by atoms with E-state index < -0.39 is 17.5 Å². The summed E-state index contributed by atoms with van der Waals surface area (Å²) in [6.45, 7) is 0.00816. The largest absolute Gasteiger partial charge is 0.367 e. The van der Waals surface area contributed by atoms with Crippen molar-refractivity contribution < 1.29 is 18.1 Å². The first-order valence-corrected chi connectivity index (χ1v) is 8.29. The number of nitrogens with zero attached hydrogens (tertiary/aromatic N) is 1. The van der Waals surface area contributed by atoms with Crippen molar-refractivity contribution in [1.29, 1.82) is 0 Å². The number of hydrogen-bond acceptors (Lipinski definition) is 5. The van der Waals surface area contributed by atoms with E-state index in [-0.39, 0.29) is 18.0 Å². The third-order valence-electron chi connectivity index (χ3n) is 3.19. The lowest BCUT2D eigenvalue weighted by Gasteiger charge is -2.06. The quantitative estimate of drug-likeness (QED) is 0.678. The molecule has 3 aromatic rings. The van der Waals surface area contributed by atoms with Gasteiger partial charge in [0.15, 0.2) is 11.6 Å². The van der Waals surface area contributed by atoms with Gasteiger partial charge in [0.05, 0.1) is 8.66 Å². The van der Waals surface area contributed by atoms with Gasteiger partial charge in [-0.3, -0.25) is 4.79 Å². The van der Waals surface area contributed by atoms with Gasteiger partial charge in [0, 0.05) is 6.54 Å². The highest BCUT2D eigenvalue weighted by Crippen LogP contribution is 2.34. The molecule has 24 heavy (non-hydrogen) atoms. The first kappa shape index (κ1) is 16.6. The summed E-state index contributed by atoms with van der Waals surface area (Å²) in [7, 11) is 0. The number of amides is 1. The minimum atomic E-state index is -0.977. The standard InChI is InChI=1S/C15H10BrF2N3O2S/c16-11-4-3-10(24-11)13-12(14(19)23-21-13)15(22)20-6-7-1-2-8(17)9(18)5-7/h1-5H,6,19H2,(H,20,22). The van der Waals surface area contributed by atoms with Crippen molar-refractivity contribution in [2.24, 2.45) is 0 Å². The molecule has 0 fully saturated rings. The van der Waals surface area contributed by atoms with Crippen molar-refractivity contribution in [3.8, 4) is 10.6 Å². The van der Waals surface area contributed by atoms with Gasteiger partial charge in [-0.05, 0) is 45.8 Å². The minimum absolute atomic E-state index is 0.00816. The monoisotopic (exact) mass is 413 g/mol. The number of rotatable bonds is 4. The summed E-state index contributed by atoms with van der Waals surface area (Å²) in [6, 6.07) is 6.99. The fourth-order valence-corrected chi connectivity index (χ4v) is 3.43. The Balaban J connectivity index is 1.80. The van der Waals surface area contributed by atoms with Crippen molar-refractivity contribution in [2.45, 2.75) is 6.54 Å². The fraction of sp³-hybridized carbons (Fsp3) is 0.0667. The molecule has 0 saturated heterocycles. The maximum absolute atomic E-state index is 13.2. The molecule has 2 heterocycles. The maximum atomic E-state index is 13.2. The number of carbonyl (C=O) groups is 1. The molecule has 0 bridgehead atoms. The zero-order chi connectivity index (χ0) is 17.3. The Labute approximate surface area is 147 Å². The van der Waals surface area contributed by atoms with Gasteiger partial charge in [-0.2, -0.15) is 0 Å². The molecule has 0 saturated carbocycles. The Hall–Kier alpha value is -2.26. The van der Waals surface area contributed by atoms with E-state index in [2.05, 4.69) is 26.4 Å². The summed E-state index contributed by atoms with van der Waals surface area (Å²) in [5.41, 5.74) is 6.54. The van der Waals surface area contributed by atoms with E-state index in [1.54, 1.807) is 6.07 Å². The fourth-order valence-electron chi connectivity index (χ4n) is 2.05. The van der Waals surface area contributed by atoms with Crippen molar-refractivity contribution in [3.63, 3.8) is 0 Å². The molecule has 9 heteroatoms. The van der Waals surface area contributed by atoms with E-state index in [4.69, 9.17) is 10.3 Å². The average molecular weight is 414 g/mol. The van der Waals surface area contributed by atoms with Crippen molar-refractivity contribution >= 4 is 39.1 Å². The molecule has 3 rings (SSSR count). The lowest BCUT2D eigenvalue weighted by atomic mass is 10.1. The van der Waals surface area contributed by atoms with Crippen LogP contribution in [-0.2, 0) is 6.54 Å². The van der Waals surface area contributed by atoms with Crippen LogP contribution in [0.25, 0.3) is 10.6 Å². The highest BCUT2D eigenvalue weighted by atomic mass is 79.9. The lowest BCUT2D eigenvalue weighted by Crippen LogP contribution is -2.23. The summed E-state index contributed by atoms with van der Waals surface area (Å²) < 4.78 is 31.9. The molecular formula is C15H10BrF2N3O2S. The van der Waals surface area contributed by atoms with Gasteiger partial charge in [0.2, 0.25) is 5.88 Å². The molecule has 1 aromatic carbocycles. The van der Waals surface area contributed by atoms with Crippen LogP contribution in [0, 0.1) is 11.6 Å². The van der Waals surface area contributed by atoms with Crippen LogP contribution in [0.3, 0.4) is 0 Å². The van der Waals surface area contributed by atoms with Crippen LogP contribution in [0.5, 0.6) is 0 Å². The summed E-state index contributed by atoms with van der Waals surface area (Å²) in [5.74, 6) is -2.55. The van der Waals surface area contributed by atoms with Gasteiger partial charge in [0.1, 0.15) is 11.3 Å². The Bertz CT molecular complexity index is 910. The van der Waals surface area contributed by atoms with Crippen molar-refractivity contribution in [3.05, 3.63) is 56.9 Å². The smallest absolute Gasteiger partial charge is 0.259 e. The molecule has 0 aliphatic heterocycles. The molecule has 0 aliphatic rings. The van der Waals surface area contributed by atoms with Gasteiger partial charge < -0.3 is 15.6 Å². The molecule has 3 N–H and O–H groups in total. The molecule has 0 spiro atoms. The Morgan fingerprint density at radius 1 is 1.29 bits per heavy atom. The van der Waals surface area contributed by atoms with E-state index in [9.17, 15) is 13.6 Å². The van der Waals surface area contributed by atoms with E-state index in [1.165, 1.54) is 17.4 Å². The number of halogens is 3. The highest BCUT2D eigenvalue weighted by Gasteiger charge is 2.23. The van der Waals surface area contributed by atoms with Crippen molar-refractivity contribution in [1.82, 2.24) is 10.5 Å². The number of hydrogen-bond donors (Lipinski definition) is 2. The topological polar surface area (TPSA) is 81.2 Å². The number of anilines is 1. The second-order valence-corrected chi connectivity index (χ2v) is 7.27. The molecule has 0 radical (unpaired) electrons. The van der Waals surface area contributed by atoms with Crippen LogP contribution in [0.15, 0.2) is 38.6 Å². The number of nitrogen functional groups attached to an aromatic ring is 1. The third-order valence-corrected chi connectivity index (χ3v) is 4.82. The second-order valence-electron chi connectivity index (χ2n) is 4.81.